The quantitative estimate of drug-likeness (QED) is 0.782. The minimum Gasteiger partial charge on any atom is -0.345 e. The molecule has 102 valence electrons. The van der Waals surface area contributed by atoms with Gasteiger partial charge in [0.1, 0.15) is 5.82 Å². The van der Waals surface area contributed by atoms with Crippen molar-refractivity contribution >= 4 is 0 Å². The van der Waals surface area contributed by atoms with Gasteiger partial charge in [-0.2, -0.15) is 0 Å². The number of nitrogens with zero attached hydrogens (tertiary/aromatic N) is 1. The van der Waals surface area contributed by atoms with Gasteiger partial charge in [0.25, 0.3) is 0 Å². The summed E-state index contributed by atoms with van der Waals surface area (Å²) in [5.41, 5.74) is 2.81. The van der Waals surface area contributed by atoms with E-state index >= 15 is 0 Å². The van der Waals surface area contributed by atoms with Gasteiger partial charge in [-0.3, -0.25) is 0 Å². The van der Waals surface area contributed by atoms with Crippen molar-refractivity contribution in [1.82, 2.24) is 9.97 Å². The first-order valence-electron chi connectivity index (χ1n) is 7.86. The molecular formula is C16H28N2. The molecule has 2 rings (SSSR count). The van der Waals surface area contributed by atoms with Crippen LogP contribution in [0.25, 0.3) is 0 Å². The molecule has 1 N–H and O–H groups in total. The van der Waals surface area contributed by atoms with E-state index < -0.39 is 0 Å². The summed E-state index contributed by atoms with van der Waals surface area (Å²) in [7, 11) is 0. The van der Waals surface area contributed by atoms with Crippen LogP contribution in [0.15, 0.2) is 0 Å². The Hall–Kier alpha value is -0.790. The maximum Gasteiger partial charge on any atom is 0.109 e. The zero-order chi connectivity index (χ0) is 13.0. The predicted octanol–water partition coefficient (Wildman–Crippen LogP) is 4.61. The summed E-state index contributed by atoms with van der Waals surface area (Å²) in [6.45, 7) is 6.87. The lowest BCUT2D eigenvalue weighted by molar-refractivity contribution is 0.438. The molecule has 0 bridgehead atoms. The highest BCUT2D eigenvalue weighted by molar-refractivity contribution is 5.20. The number of hydrogen-bond acceptors (Lipinski definition) is 1. The molecule has 0 saturated carbocycles. The van der Waals surface area contributed by atoms with Crippen molar-refractivity contribution in [3.05, 3.63) is 17.2 Å². The molecule has 1 aromatic rings. The van der Waals surface area contributed by atoms with Gasteiger partial charge in [-0.1, -0.05) is 40.0 Å². The van der Waals surface area contributed by atoms with Crippen LogP contribution in [0.3, 0.4) is 0 Å². The second-order valence-corrected chi connectivity index (χ2v) is 5.81. The number of aryl methyl sites for hydroxylation is 1. The summed E-state index contributed by atoms with van der Waals surface area (Å²) in [5.74, 6) is 2.80. The summed E-state index contributed by atoms with van der Waals surface area (Å²) in [4.78, 5) is 8.53. The molecule has 1 heterocycles. The first-order valence-corrected chi connectivity index (χ1v) is 7.86. The minimum absolute atomic E-state index is 0.649. The Balaban J connectivity index is 2.08. The van der Waals surface area contributed by atoms with Gasteiger partial charge in [-0.25, -0.2) is 4.98 Å². The fourth-order valence-electron chi connectivity index (χ4n) is 3.10. The molecule has 0 aliphatic heterocycles. The average Bonchev–Trinajstić information content (AvgIpc) is 2.82. The van der Waals surface area contributed by atoms with Crippen molar-refractivity contribution in [1.29, 1.82) is 0 Å². The van der Waals surface area contributed by atoms with E-state index in [1.54, 1.807) is 0 Å². The van der Waals surface area contributed by atoms with E-state index in [9.17, 15) is 0 Å². The highest BCUT2D eigenvalue weighted by Crippen LogP contribution is 2.30. The first kappa shape index (κ1) is 13.6. The molecule has 0 radical (unpaired) electrons. The minimum atomic E-state index is 0.649. The largest absolute Gasteiger partial charge is 0.345 e. The van der Waals surface area contributed by atoms with Crippen LogP contribution in [0.5, 0.6) is 0 Å². The van der Waals surface area contributed by atoms with Crippen LogP contribution in [0.2, 0.25) is 0 Å². The van der Waals surface area contributed by atoms with Crippen LogP contribution < -0.4 is 0 Å². The number of fused-ring (bicyclic) bond motifs is 1. The SMILES string of the molecule is CCCCC(CC)c1nc2c([nH]1)CC(CC)CC2. The number of imidazole rings is 1. The van der Waals surface area contributed by atoms with Crippen LogP contribution in [0, 0.1) is 5.92 Å². The van der Waals surface area contributed by atoms with Gasteiger partial charge in [0.15, 0.2) is 0 Å². The number of aromatic amines is 1. The van der Waals surface area contributed by atoms with Gasteiger partial charge >= 0.3 is 0 Å². The summed E-state index contributed by atoms with van der Waals surface area (Å²) in [6.07, 6.45) is 10.2. The Kier molecular flexibility index (Phi) is 4.85. The maximum absolute atomic E-state index is 4.89. The molecule has 18 heavy (non-hydrogen) atoms. The van der Waals surface area contributed by atoms with Gasteiger partial charge in [-0.05, 0) is 38.0 Å². The van der Waals surface area contributed by atoms with E-state index in [1.807, 2.05) is 0 Å². The van der Waals surface area contributed by atoms with Gasteiger partial charge in [0.05, 0.1) is 5.69 Å². The van der Waals surface area contributed by atoms with E-state index in [-0.39, 0.29) is 0 Å². The molecule has 0 aromatic carbocycles. The number of aromatic nitrogens is 2. The highest BCUT2D eigenvalue weighted by atomic mass is 14.9. The normalized spacial score (nSPS) is 20.7. The third-order valence-electron chi connectivity index (χ3n) is 4.53. The van der Waals surface area contributed by atoms with Crippen LogP contribution in [-0.2, 0) is 12.8 Å². The molecule has 2 heteroatoms. The fourth-order valence-corrected chi connectivity index (χ4v) is 3.10. The molecular weight excluding hydrogens is 220 g/mol. The topological polar surface area (TPSA) is 28.7 Å². The highest BCUT2D eigenvalue weighted by Gasteiger charge is 2.23. The van der Waals surface area contributed by atoms with Gasteiger partial charge in [-0.15, -0.1) is 0 Å². The standard InChI is InChI=1S/C16H28N2/c1-4-7-8-13(6-3)16-17-14-10-9-12(5-2)11-15(14)18-16/h12-13H,4-11H2,1-3H3,(H,17,18). The average molecular weight is 248 g/mol. The first-order chi connectivity index (χ1) is 8.78. The molecule has 0 spiro atoms. The maximum atomic E-state index is 4.89. The van der Waals surface area contributed by atoms with E-state index in [0.29, 0.717) is 5.92 Å². The van der Waals surface area contributed by atoms with Gasteiger partial charge in [0.2, 0.25) is 0 Å². The molecule has 0 amide bonds. The summed E-state index contributed by atoms with van der Waals surface area (Å²) >= 11 is 0. The molecule has 0 fully saturated rings. The van der Waals surface area contributed by atoms with Crippen molar-refractivity contribution < 1.29 is 0 Å². The molecule has 0 saturated heterocycles. The van der Waals surface area contributed by atoms with Gasteiger partial charge in [0, 0.05) is 11.6 Å². The number of hydrogen-bond donors (Lipinski definition) is 1. The van der Waals surface area contributed by atoms with E-state index in [2.05, 4.69) is 25.8 Å². The third kappa shape index (κ3) is 2.96. The zero-order valence-corrected chi connectivity index (χ0v) is 12.3. The fraction of sp³-hybridized carbons (Fsp3) is 0.812. The van der Waals surface area contributed by atoms with Crippen molar-refractivity contribution in [2.45, 2.75) is 78.1 Å². The zero-order valence-electron chi connectivity index (χ0n) is 12.3. The lowest BCUT2D eigenvalue weighted by Gasteiger charge is -2.19. The van der Waals surface area contributed by atoms with Crippen molar-refractivity contribution in [3.63, 3.8) is 0 Å². The molecule has 1 aliphatic rings. The van der Waals surface area contributed by atoms with Crippen molar-refractivity contribution in [3.8, 4) is 0 Å². The second-order valence-electron chi connectivity index (χ2n) is 5.81. The molecule has 1 aliphatic carbocycles. The number of rotatable bonds is 6. The Morgan fingerprint density at radius 2 is 2.17 bits per heavy atom. The molecule has 1 aromatic heterocycles. The Morgan fingerprint density at radius 3 is 2.83 bits per heavy atom. The smallest absolute Gasteiger partial charge is 0.109 e. The molecule has 2 nitrogen and oxygen atoms in total. The van der Waals surface area contributed by atoms with Crippen LogP contribution in [0.1, 0.15) is 82.4 Å². The number of H-pyrrole nitrogens is 1. The van der Waals surface area contributed by atoms with Crippen molar-refractivity contribution in [2.75, 3.05) is 0 Å². The Bertz CT molecular complexity index is 367. The third-order valence-corrected chi connectivity index (χ3v) is 4.53. The van der Waals surface area contributed by atoms with Crippen LogP contribution in [0.4, 0.5) is 0 Å². The summed E-state index contributed by atoms with van der Waals surface area (Å²) in [5, 5.41) is 0. The van der Waals surface area contributed by atoms with E-state index in [1.165, 1.54) is 68.6 Å². The van der Waals surface area contributed by atoms with Gasteiger partial charge < -0.3 is 4.98 Å². The lowest BCUT2D eigenvalue weighted by Crippen LogP contribution is -2.12. The van der Waals surface area contributed by atoms with Crippen molar-refractivity contribution in [2.24, 2.45) is 5.92 Å². The Labute approximate surface area is 112 Å². The number of unbranched alkanes of at least 4 members (excludes halogenated alkanes) is 1. The molecule has 2 unspecified atom stereocenters. The summed E-state index contributed by atoms with van der Waals surface area (Å²) in [6, 6.07) is 0. The number of nitrogens with one attached hydrogen (secondary N) is 1. The summed E-state index contributed by atoms with van der Waals surface area (Å²) < 4.78 is 0. The Morgan fingerprint density at radius 1 is 1.33 bits per heavy atom. The monoisotopic (exact) mass is 248 g/mol. The predicted molar refractivity (Wildman–Crippen MR) is 77.0 cm³/mol. The van der Waals surface area contributed by atoms with E-state index in [0.717, 1.165) is 5.92 Å². The molecule has 2 atom stereocenters. The second kappa shape index (κ2) is 6.40. The van der Waals surface area contributed by atoms with Crippen LogP contribution >= 0.6 is 0 Å². The van der Waals surface area contributed by atoms with Crippen LogP contribution in [-0.4, -0.2) is 9.97 Å². The van der Waals surface area contributed by atoms with E-state index in [4.69, 9.17) is 4.98 Å². The lowest BCUT2D eigenvalue weighted by atomic mass is 9.88.